The summed E-state index contributed by atoms with van der Waals surface area (Å²) in [6.45, 7) is 4.23. The molecule has 1 aliphatic carbocycles. The van der Waals surface area contributed by atoms with Crippen LogP contribution in [0.3, 0.4) is 0 Å². The summed E-state index contributed by atoms with van der Waals surface area (Å²) in [6, 6.07) is 8.21. The highest BCUT2D eigenvalue weighted by Crippen LogP contribution is 2.33. The molecule has 0 spiro atoms. The molecule has 1 saturated heterocycles. The number of carbonyl (C=O) groups is 1. The SMILES string of the molecule is COc1ccccc1-n1c(SCC(=O)NC2CCC(C)CC2)nnc1N1CCCCC1. The van der Waals surface area contributed by atoms with Crippen LogP contribution in [0.25, 0.3) is 5.69 Å². The number of thioether (sulfide) groups is 1. The highest BCUT2D eigenvalue weighted by Gasteiger charge is 2.24. The van der Waals surface area contributed by atoms with E-state index in [0.717, 1.165) is 67.2 Å². The predicted octanol–water partition coefficient (Wildman–Crippen LogP) is 4.05. The summed E-state index contributed by atoms with van der Waals surface area (Å²) in [4.78, 5) is 14.9. The molecular formula is C23H33N5O2S. The quantitative estimate of drug-likeness (QED) is 0.651. The largest absolute Gasteiger partial charge is 0.495 e. The van der Waals surface area contributed by atoms with Gasteiger partial charge in [0, 0.05) is 19.1 Å². The van der Waals surface area contributed by atoms with Crippen molar-refractivity contribution in [3.63, 3.8) is 0 Å². The Morgan fingerprint density at radius 2 is 1.87 bits per heavy atom. The summed E-state index contributed by atoms with van der Waals surface area (Å²) in [5.41, 5.74) is 0.903. The van der Waals surface area contributed by atoms with Crippen molar-refractivity contribution in [3.8, 4) is 11.4 Å². The van der Waals surface area contributed by atoms with Gasteiger partial charge in [0.25, 0.3) is 0 Å². The summed E-state index contributed by atoms with van der Waals surface area (Å²) in [7, 11) is 1.68. The van der Waals surface area contributed by atoms with Gasteiger partial charge in [-0.05, 0) is 63.0 Å². The van der Waals surface area contributed by atoms with Crippen molar-refractivity contribution in [2.45, 2.75) is 63.1 Å². The fourth-order valence-electron chi connectivity index (χ4n) is 4.48. The van der Waals surface area contributed by atoms with Gasteiger partial charge < -0.3 is 15.0 Å². The second kappa shape index (κ2) is 10.4. The summed E-state index contributed by atoms with van der Waals surface area (Å²) >= 11 is 1.44. The molecule has 4 rings (SSSR count). The molecule has 2 heterocycles. The Labute approximate surface area is 188 Å². The molecule has 0 atom stereocenters. The van der Waals surface area contributed by atoms with E-state index in [2.05, 4.69) is 27.3 Å². The number of nitrogens with zero attached hydrogens (tertiary/aromatic N) is 4. The summed E-state index contributed by atoms with van der Waals surface area (Å²) in [6.07, 6.45) is 8.11. The summed E-state index contributed by atoms with van der Waals surface area (Å²) in [5.74, 6) is 2.77. The van der Waals surface area contributed by atoms with E-state index in [-0.39, 0.29) is 5.91 Å². The molecule has 2 fully saturated rings. The third kappa shape index (κ3) is 5.34. The van der Waals surface area contributed by atoms with Crippen molar-refractivity contribution < 1.29 is 9.53 Å². The van der Waals surface area contributed by atoms with E-state index in [1.54, 1.807) is 7.11 Å². The second-order valence-corrected chi connectivity index (χ2v) is 9.59. The van der Waals surface area contributed by atoms with E-state index in [4.69, 9.17) is 4.74 Å². The number of nitrogens with one attached hydrogen (secondary N) is 1. The molecule has 168 valence electrons. The number of hydrogen-bond acceptors (Lipinski definition) is 6. The molecule has 1 aromatic carbocycles. The number of ether oxygens (including phenoxy) is 1. The van der Waals surface area contributed by atoms with Crippen LogP contribution in [-0.2, 0) is 4.79 Å². The van der Waals surface area contributed by atoms with Crippen LogP contribution in [0.4, 0.5) is 5.95 Å². The molecule has 1 amide bonds. The lowest BCUT2D eigenvalue weighted by Crippen LogP contribution is -2.38. The first-order valence-electron chi connectivity index (χ1n) is 11.4. The molecule has 0 bridgehead atoms. The maximum absolute atomic E-state index is 12.6. The summed E-state index contributed by atoms with van der Waals surface area (Å²) in [5, 5.41) is 12.9. The molecule has 1 saturated carbocycles. The highest BCUT2D eigenvalue weighted by atomic mass is 32.2. The molecule has 0 unspecified atom stereocenters. The van der Waals surface area contributed by atoms with E-state index >= 15 is 0 Å². The standard InChI is InChI=1S/C23H33N5O2S/c1-17-10-12-18(13-11-17)24-21(29)16-31-23-26-25-22(27-14-6-3-7-15-27)28(23)19-8-4-5-9-20(19)30-2/h4-5,8-9,17-18H,3,6-7,10-16H2,1-2H3,(H,24,29). The smallest absolute Gasteiger partial charge is 0.232 e. The molecule has 31 heavy (non-hydrogen) atoms. The minimum Gasteiger partial charge on any atom is -0.495 e. The van der Waals surface area contributed by atoms with Crippen LogP contribution < -0.4 is 15.0 Å². The van der Waals surface area contributed by atoms with Crippen molar-refractivity contribution in [1.29, 1.82) is 0 Å². The zero-order valence-electron chi connectivity index (χ0n) is 18.5. The maximum atomic E-state index is 12.6. The molecule has 0 radical (unpaired) electrons. The minimum atomic E-state index is 0.0682. The van der Waals surface area contributed by atoms with Crippen LogP contribution in [0.15, 0.2) is 29.4 Å². The Morgan fingerprint density at radius 1 is 1.13 bits per heavy atom. The molecule has 7 nitrogen and oxygen atoms in total. The Bertz CT molecular complexity index is 873. The number of amides is 1. The number of hydrogen-bond donors (Lipinski definition) is 1. The van der Waals surface area contributed by atoms with Crippen molar-refractivity contribution in [2.24, 2.45) is 5.92 Å². The van der Waals surface area contributed by atoms with E-state index in [9.17, 15) is 4.79 Å². The average Bonchev–Trinajstić information content (AvgIpc) is 3.23. The highest BCUT2D eigenvalue weighted by molar-refractivity contribution is 7.99. The van der Waals surface area contributed by atoms with Gasteiger partial charge in [0.15, 0.2) is 5.16 Å². The van der Waals surface area contributed by atoms with Gasteiger partial charge in [-0.1, -0.05) is 30.8 Å². The number of carbonyl (C=O) groups excluding carboxylic acids is 1. The predicted molar refractivity (Wildman–Crippen MR) is 124 cm³/mol. The lowest BCUT2D eigenvalue weighted by atomic mass is 9.87. The molecule has 2 aromatic rings. The van der Waals surface area contributed by atoms with Gasteiger partial charge in [0.05, 0.1) is 18.6 Å². The van der Waals surface area contributed by atoms with Crippen LogP contribution in [0, 0.1) is 5.92 Å². The van der Waals surface area contributed by atoms with Gasteiger partial charge in [0.2, 0.25) is 11.9 Å². The van der Waals surface area contributed by atoms with Crippen LogP contribution in [-0.4, -0.2) is 52.7 Å². The number of aromatic nitrogens is 3. The van der Waals surface area contributed by atoms with Crippen molar-refractivity contribution in [2.75, 3.05) is 30.9 Å². The lowest BCUT2D eigenvalue weighted by Gasteiger charge is -2.28. The van der Waals surface area contributed by atoms with Gasteiger partial charge in [0.1, 0.15) is 5.75 Å². The number of methoxy groups -OCH3 is 1. The van der Waals surface area contributed by atoms with Gasteiger partial charge in [-0.15, -0.1) is 10.2 Å². The maximum Gasteiger partial charge on any atom is 0.232 e. The Balaban J connectivity index is 1.51. The van der Waals surface area contributed by atoms with Gasteiger partial charge in [-0.3, -0.25) is 9.36 Å². The number of para-hydroxylation sites is 2. The molecule has 8 heteroatoms. The zero-order valence-corrected chi connectivity index (χ0v) is 19.4. The van der Waals surface area contributed by atoms with E-state index in [1.807, 2.05) is 28.8 Å². The van der Waals surface area contributed by atoms with Crippen LogP contribution in [0.1, 0.15) is 51.9 Å². The number of rotatable bonds is 7. The topological polar surface area (TPSA) is 72.3 Å². The first-order chi connectivity index (χ1) is 15.2. The Kier molecular flexibility index (Phi) is 7.37. The zero-order chi connectivity index (χ0) is 21.6. The fraction of sp³-hybridized carbons (Fsp3) is 0.609. The van der Waals surface area contributed by atoms with Gasteiger partial charge in [-0.2, -0.15) is 0 Å². The van der Waals surface area contributed by atoms with Gasteiger partial charge in [-0.25, -0.2) is 0 Å². The Morgan fingerprint density at radius 3 is 2.61 bits per heavy atom. The second-order valence-electron chi connectivity index (χ2n) is 8.65. The van der Waals surface area contributed by atoms with Crippen LogP contribution >= 0.6 is 11.8 Å². The molecule has 1 aliphatic heterocycles. The number of anilines is 1. The van der Waals surface area contributed by atoms with Crippen molar-refractivity contribution in [1.82, 2.24) is 20.1 Å². The third-order valence-corrected chi connectivity index (χ3v) is 7.22. The van der Waals surface area contributed by atoms with E-state index in [0.29, 0.717) is 11.8 Å². The molecule has 1 N–H and O–H groups in total. The van der Waals surface area contributed by atoms with Crippen molar-refractivity contribution in [3.05, 3.63) is 24.3 Å². The normalized spacial score (nSPS) is 21.7. The fourth-order valence-corrected chi connectivity index (χ4v) is 5.23. The van der Waals surface area contributed by atoms with Crippen LogP contribution in [0.5, 0.6) is 5.75 Å². The first-order valence-corrected chi connectivity index (χ1v) is 12.4. The number of benzene rings is 1. The molecular weight excluding hydrogens is 410 g/mol. The Hall–Kier alpha value is -2.22. The first kappa shape index (κ1) is 22.0. The van der Waals surface area contributed by atoms with Crippen LogP contribution in [0.2, 0.25) is 0 Å². The number of piperidine rings is 1. The van der Waals surface area contributed by atoms with E-state index < -0.39 is 0 Å². The summed E-state index contributed by atoms with van der Waals surface area (Å²) < 4.78 is 7.66. The van der Waals surface area contributed by atoms with E-state index in [1.165, 1.54) is 31.0 Å². The lowest BCUT2D eigenvalue weighted by molar-refractivity contribution is -0.119. The van der Waals surface area contributed by atoms with Crippen molar-refractivity contribution >= 4 is 23.6 Å². The monoisotopic (exact) mass is 443 g/mol. The average molecular weight is 444 g/mol. The third-order valence-electron chi connectivity index (χ3n) is 6.29. The minimum absolute atomic E-state index is 0.0682. The van der Waals surface area contributed by atoms with Gasteiger partial charge >= 0.3 is 0 Å². The molecule has 2 aliphatic rings. The molecule has 1 aromatic heterocycles.